The zero-order valence-electron chi connectivity index (χ0n) is 14.8. The smallest absolute Gasteiger partial charge is 0.252 e. The quantitative estimate of drug-likeness (QED) is 0.820. The van der Waals surface area contributed by atoms with Crippen molar-refractivity contribution in [3.8, 4) is 0 Å². The Morgan fingerprint density at radius 3 is 2.54 bits per heavy atom. The second-order valence-corrected chi connectivity index (χ2v) is 6.36. The third-order valence-electron chi connectivity index (χ3n) is 3.72. The summed E-state index contributed by atoms with van der Waals surface area (Å²) in [4.78, 5) is 18.4. The van der Waals surface area contributed by atoms with E-state index in [4.69, 9.17) is 0 Å². The summed E-state index contributed by atoms with van der Waals surface area (Å²) in [6, 6.07) is 11.8. The standard InChI is InChI=1S/C19H26N4O/c1-14(2)16-7-5-6-8-17(16)22-18-10-9-15(13-21-18)19(24)20-11-12-23(3)4/h5-10,13-14H,11-12H2,1-4H3,(H,20,24)(H,21,22). The first-order valence-electron chi connectivity index (χ1n) is 8.22. The minimum Gasteiger partial charge on any atom is -0.351 e. The molecule has 2 N–H and O–H groups in total. The molecule has 0 saturated carbocycles. The number of amides is 1. The van der Waals surface area contributed by atoms with Crippen LogP contribution in [0.2, 0.25) is 0 Å². The molecule has 0 bridgehead atoms. The topological polar surface area (TPSA) is 57.3 Å². The summed E-state index contributed by atoms with van der Waals surface area (Å²) in [6.45, 7) is 5.75. The van der Waals surface area contributed by atoms with Gasteiger partial charge in [-0.3, -0.25) is 4.79 Å². The average molecular weight is 326 g/mol. The first-order valence-corrected chi connectivity index (χ1v) is 8.22. The lowest BCUT2D eigenvalue weighted by atomic mass is 10.0. The molecule has 1 heterocycles. The van der Waals surface area contributed by atoms with Gasteiger partial charge in [0.15, 0.2) is 0 Å². The molecule has 0 radical (unpaired) electrons. The first kappa shape index (κ1) is 17.9. The molecular formula is C19H26N4O. The van der Waals surface area contributed by atoms with E-state index >= 15 is 0 Å². The molecule has 5 nitrogen and oxygen atoms in total. The molecule has 0 atom stereocenters. The third-order valence-corrected chi connectivity index (χ3v) is 3.72. The minimum atomic E-state index is -0.0986. The van der Waals surface area contributed by atoms with Gasteiger partial charge in [-0.1, -0.05) is 32.0 Å². The maximum absolute atomic E-state index is 12.0. The second kappa shape index (κ2) is 8.45. The van der Waals surface area contributed by atoms with Gasteiger partial charge in [0, 0.05) is 25.0 Å². The Labute approximate surface area is 144 Å². The van der Waals surface area contributed by atoms with Crippen molar-refractivity contribution in [2.45, 2.75) is 19.8 Å². The van der Waals surface area contributed by atoms with Crippen LogP contribution >= 0.6 is 0 Å². The van der Waals surface area contributed by atoms with Crippen LogP contribution in [0.3, 0.4) is 0 Å². The predicted molar refractivity (Wildman–Crippen MR) is 98.9 cm³/mol. The van der Waals surface area contributed by atoms with E-state index in [0.29, 0.717) is 18.0 Å². The van der Waals surface area contributed by atoms with Gasteiger partial charge < -0.3 is 15.5 Å². The van der Waals surface area contributed by atoms with Crippen LogP contribution in [-0.4, -0.2) is 43.0 Å². The van der Waals surface area contributed by atoms with Crippen molar-refractivity contribution in [3.63, 3.8) is 0 Å². The first-order chi connectivity index (χ1) is 11.5. The molecule has 0 spiro atoms. The largest absolute Gasteiger partial charge is 0.351 e. The number of benzene rings is 1. The lowest BCUT2D eigenvalue weighted by molar-refractivity contribution is 0.0950. The molecule has 0 fully saturated rings. The fourth-order valence-corrected chi connectivity index (χ4v) is 2.35. The van der Waals surface area contributed by atoms with Crippen LogP contribution in [0.4, 0.5) is 11.5 Å². The van der Waals surface area contributed by atoms with Crippen molar-refractivity contribution in [3.05, 3.63) is 53.7 Å². The van der Waals surface area contributed by atoms with Gasteiger partial charge >= 0.3 is 0 Å². The summed E-state index contributed by atoms with van der Waals surface area (Å²) in [7, 11) is 3.95. The summed E-state index contributed by atoms with van der Waals surface area (Å²) < 4.78 is 0. The fourth-order valence-electron chi connectivity index (χ4n) is 2.35. The van der Waals surface area contributed by atoms with E-state index in [-0.39, 0.29) is 5.91 Å². The Kier molecular flexibility index (Phi) is 6.32. The summed E-state index contributed by atoms with van der Waals surface area (Å²) >= 11 is 0. The normalized spacial score (nSPS) is 10.9. The van der Waals surface area contributed by atoms with Crippen LogP contribution in [0.5, 0.6) is 0 Å². The number of anilines is 2. The maximum Gasteiger partial charge on any atom is 0.252 e. The molecule has 0 aliphatic carbocycles. The van der Waals surface area contributed by atoms with E-state index in [1.54, 1.807) is 12.3 Å². The van der Waals surface area contributed by atoms with E-state index in [1.807, 2.05) is 43.3 Å². The second-order valence-electron chi connectivity index (χ2n) is 6.36. The Morgan fingerprint density at radius 2 is 1.92 bits per heavy atom. The van der Waals surface area contributed by atoms with Crippen molar-refractivity contribution in [2.75, 3.05) is 32.5 Å². The van der Waals surface area contributed by atoms with Crippen LogP contribution in [0.15, 0.2) is 42.6 Å². The highest BCUT2D eigenvalue weighted by Gasteiger charge is 2.08. The van der Waals surface area contributed by atoms with E-state index in [1.165, 1.54) is 5.56 Å². The molecule has 0 aliphatic heterocycles. The lowest BCUT2D eigenvalue weighted by Gasteiger charge is -2.14. The molecule has 1 aromatic carbocycles. The highest BCUT2D eigenvalue weighted by Crippen LogP contribution is 2.26. The zero-order chi connectivity index (χ0) is 17.5. The van der Waals surface area contributed by atoms with E-state index in [9.17, 15) is 4.79 Å². The molecule has 1 amide bonds. The molecule has 0 unspecified atom stereocenters. The number of aromatic nitrogens is 1. The van der Waals surface area contributed by atoms with Crippen LogP contribution < -0.4 is 10.6 Å². The highest BCUT2D eigenvalue weighted by atomic mass is 16.1. The molecule has 128 valence electrons. The summed E-state index contributed by atoms with van der Waals surface area (Å²) in [5, 5.41) is 6.21. The summed E-state index contributed by atoms with van der Waals surface area (Å²) in [5.41, 5.74) is 2.85. The molecule has 0 aliphatic rings. The van der Waals surface area contributed by atoms with Gasteiger partial charge in [0.1, 0.15) is 5.82 Å². The number of nitrogens with one attached hydrogen (secondary N) is 2. The fraction of sp³-hybridized carbons (Fsp3) is 0.368. The molecule has 0 saturated heterocycles. The third kappa shape index (κ3) is 5.06. The Hall–Kier alpha value is -2.40. The number of hydrogen-bond acceptors (Lipinski definition) is 4. The highest BCUT2D eigenvalue weighted by molar-refractivity contribution is 5.94. The molecule has 2 aromatic rings. The number of pyridine rings is 1. The van der Waals surface area contributed by atoms with Gasteiger partial charge in [-0.2, -0.15) is 0 Å². The summed E-state index contributed by atoms with van der Waals surface area (Å²) in [6.07, 6.45) is 1.60. The van der Waals surface area contributed by atoms with Crippen LogP contribution in [-0.2, 0) is 0 Å². The van der Waals surface area contributed by atoms with Crippen molar-refractivity contribution < 1.29 is 4.79 Å². The van der Waals surface area contributed by atoms with Crippen molar-refractivity contribution in [1.82, 2.24) is 15.2 Å². The maximum atomic E-state index is 12.0. The molecule has 2 rings (SSSR count). The van der Waals surface area contributed by atoms with E-state index in [0.717, 1.165) is 18.1 Å². The number of rotatable bonds is 7. The zero-order valence-corrected chi connectivity index (χ0v) is 14.8. The van der Waals surface area contributed by atoms with Gasteiger partial charge in [-0.05, 0) is 43.8 Å². The average Bonchev–Trinajstić information content (AvgIpc) is 2.55. The Morgan fingerprint density at radius 1 is 1.17 bits per heavy atom. The number of likely N-dealkylation sites (N-methyl/N-ethyl adjacent to an activating group) is 1. The van der Waals surface area contributed by atoms with Crippen LogP contribution in [0.1, 0.15) is 35.7 Å². The minimum absolute atomic E-state index is 0.0986. The molecule has 1 aromatic heterocycles. The number of hydrogen-bond donors (Lipinski definition) is 2. The van der Waals surface area contributed by atoms with Gasteiger partial charge in [-0.15, -0.1) is 0 Å². The predicted octanol–water partition coefficient (Wildman–Crippen LogP) is 3.24. The molecular weight excluding hydrogens is 300 g/mol. The lowest BCUT2D eigenvalue weighted by Crippen LogP contribution is -2.31. The summed E-state index contributed by atoms with van der Waals surface area (Å²) in [5.74, 6) is 1.06. The van der Waals surface area contributed by atoms with Crippen molar-refractivity contribution >= 4 is 17.4 Å². The van der Waals surface area contributed by atoms with Gasteiger partial charge in [-0.25, -0.2) is 4.98 Å². The molecule has 5 heteroatoms. The number of para-hydroxylation sites is 1. The SMILES string of the molecule is CC(C)c1ccccc1Nc1ccc(C(=O)NCCN(C)C)cn1. The van der Waals surface area contributed by atoms with Gasteiger partial charge in [0.25, 0.3) is 5.91 Å². The van der Waals surface area contributed by atoms with Crippen LogP contribution in [0, 0.1) is 0 Å². The van der Waals surface area contributed by atoms with Gasteiger partial charge in [0.2, 0.25) is 0 Å². The van der Waals surface area contributed by atoms with E-state index < -0.39 is 0 Å². The van der Waals surface area contributed by atoms with Gasteiger partial charge in [0.05, 0.1) is 5.56 Å². The number of carbonyl (C=O) groups is 1. The number of carbonyl (C=O) groups excluding carboxylic acids is 1. The Bertz CT molecular complexity index is 665. The Balaban J connectivity index is 2.01. The van der Waals surface area contributed by atoms with E-state index in [2.05, 4.69) is 35.5 Å². The van der Waals surface area contributed by atoms with Crippen molar-refractivity contribution in [2.24, 2.45) is 0 Å². The van der Waals surface area contributed by atoms with Crippen LogP contribution in [0.25, 0.3) is 0 Å². The van der Waals surface area contributed by atoms with Crippen molar-refractivity contribution in [1.29, 1.82) is 0 Å². The monoisotopic (exact) mass is 326 g/mol. The molecule has 24 heavy (non-hydrogen) atoms. The number of nitrogens with zero attached hydrogens (tertiary/aromatic N) is 2.